The number of carbonyl (C=O) groups excluding carboxylic acids is 1. The molecule has 18 heavy (non-hydrogen) atoms. The van der Waals surface area contributed by atoms with Crippen LogP contribution in [-0.2, 0) is 4.79 Å². The third-order valence-corrected chi connectivity index (χ3v) is 3.55. The molecular formula is C15H22N2O. The lowest BCUT2D eigenvalue weighted by molar-refractivity contribution is -0.130. The highest BCUT2D eigenvalue weighted by atomic mass is 16.2. The zero-order valence-corrected chi connectivity index (χ0v) is 11.6. The van der Waals surface area contributed by atoms with E-state index in [-0.39, 0.29) is 24.0 Å². The summed E-state index contributed by atoms with van der Waals surface area (Å²) in [5.41, 5.74) is 9.78. The SMILES string of the molecule is Cc1cc(C)cc(C2C(N)CC(=O)N2C(C)C)c1. The van der Waals surface area contributed by atoms with Crippen LogP contribution in [0.4, 0.5) is 0 Å². The van der Waals surface area contributed by atoms with E-state index >= 15 is 0 Å². The van der Waals surface area contributed by atoms with Crippen LogP contribution in [0, 0.1) is 13.8 Å². The molecule has 98 valence electrons. The van der Waals surface area contributed by atoms with E-state index < -0.39 is 0 Å². The van der Waals surface area contributed by atoms with Crippen LogP contribution in [-0.4, -0.2) is 22.9 Å². The fourth-order valence-corrected chi connectivity index (χ4v) is 2.98. The van der Waals surface area contributed by atoms with Crippen LogP contribution in [0.2, 0.25) is 0 Å². The summed E-state index contributed by atoms with van der Waals surface area (Å²) in [6.07, 6.45) is 0.454. The number of benzene rings is 1. The molecule has 2 rings (SSSR count). The number of nitrogens with two attached hydrogens (primary N) is 1. The molecule has 0 aliphatic carbocycles. The minimum Gasteiger partial charge on any atom is -0.332 e. The van der Waals surface area contributed by atoms with Gasteiger partial charge >= 0.3 is 0 Å². The molecule has 1 saturated heterocycles. The van der Waals surface area contributed by atoms with Crippen molar-refractivity contribution in [1.82, 2.24) is 4.90 Å². The smallest absolute Gasteiger partial charge is 0.225 e. The highest BCUT2D eigenvalue weighted by molar-refractivity contribution is 5.80. The van der Waals surface area contributed by atoms with Gasteiger partial charge in [-0.05, 0) is 33.3 Å². The molecule has 0 radical (unpaired) electrons. The topological polar surface area (TPSA) is 46.3 Å². The molecule has 2 atom stereocenters. The Hall–Kier alpha value is -1.35. The lowest BCUT2D eigenvalue weighted by atomic mass is 9.96. The molecule has 3 heteroatoms. The van der Waals surface area contributed by atoms with Gasteiger partial charge in [-0.3, -0.25) is 4.79 Å². The van der Waals surface area contributed by atoms with Crippen molar-refractivity contribution in [3.63, 3.8) is 0 Å². The summed E-state index contributed by atoms with van der Waals surface area (Å²) in [6, 6.07) is 6.55. The Labute approximate surface area is 109 Å². The van der Waals surface area contributed by atoms with Gasteiger partial charge in [0, 0.05) is 18.5 Å². The van der Waals surface area contributed by atoms with Crippen molar-refractivity contribution in [1.29, 1.82) is 0 Å². The van der Waals surface area contributed by atoms with Crippen LogP contribution < -0.4 is 5.73 Å². The lowest BCUT2D eigenvalue weighted by Crippen LogP contribution is -2.37. The number of carbonyl (C=O) groups is 1. The minimum atomic E-state index is -0.0962. The highest BCUT2D eigenvalue weighted by Gasteiger charge is 2.39. The van der Waals surface area contributed by atoms with E-state index in [1.54, 1.807) is 0 Å². The number of hydrogen-bond donors (Lipinski definition) is 1. The predicted octanol–water partition coefficient (Wildman–Crippen LogP) is 2.31. The van der Waals surface area contributed by atoms with E-state index in [0.29, 0.717) is 6.42 Å². The molecule has 1 aromatic rings. The number of rotatable bonds is 2. The minimum absolute atomic E-state index is 0.0242. The monoisotopic (exact) mass is 246 g/mol. The Bertz CT molecular complexity index is 447. The molecule has 1 aliphatic rings. The van der Waals surface area contributed by atoms with Crippen molar-refractivity contribution >= 4 is 5.91 Å². The molecule has 0 spiro atoms. The van der Waals surface area contributed by atoms with Crippen LogP contribution in [0.1, 0.15) is 43.0 Å². The Balaban J connectivity index is 2.43. The van der Waals surface area contributed by atoms with Crippen molar-refractivity contribution in [2.45, 2.75) is 52.2 Å². The fraction of sp³-hybridized carbons (Fsp3) is 0.533. The maximum atomic E-state index is 12.0. The lowest BCUT2D eigenvalue weighted by Gasteiger charge is -2.31. The predicted molar refractivity (Wildman–Crippen MR) is 73.2 cm³/mol. The summed E-state index contributed by atoms with van der Waals surface area (Å²) >= 11 is 0. The second kappa shape index (κ2) is 4.73. The summed E-state index contributed by atoms with van der Waals surface area (Å²) in [5.74, 6) is 0.168. The van der Waals surface area contributed by atoms with Crippen molar-refractivity contribution in [3.05, 3.63) is 34.9 Å². The molecule has 2 N–H and O–H groups in total. The molecule has 0 aromatic heterocycles. The zero-order chi connectivity index (χ0) is 13.4. The van der Waals surface area contributed by atoms with Gasteiger partial charge in [-0.1, -0.05) is 29.3 Å². The quantitative estimate of drug-likeness (QED) is 0.870. The Morgan fingerprint density at radius 3 is 2.28 bits per heavy atom. The summed E-state index contributed by atoms with van der Waals surface area (Å²) < 4.78 is 0. The Morgan fingerprint density at radius 1 is 1.22 bits per heavy atom. The Kier molecular flexibility index (Phi) is 3.44. The number of amides is 1. The second-order valence-electron chi connectivity index (χ2n) is 5.63. The first kappa shape index (κ1) is 13.1. The fourth-order valence-electron chi connectivity index (χ4n) is 2.98. The first-order valence-corrected chi connectivity index (χ1v) is 6.55. The molecule has 1 amide bonds. The van der Waals surface area contributed by atoms with E-state index in [9.17, 15) is 4.79 Å². The number of aryl methyl sites for hydroxylation is 2. The summed E-state index contributed by atoms with van der Waals surface area (Å²) in [6.45, 7) is 8.26. The third kappa shape index (κ3) is 2.27. The van der Waals surface area contributed by atoms with Gasteiger partial charge in [0.25, 0.3) is 0 Å². The van der Waals surface area contributed by atoms with Gasteiger partial charge in [0.1, 0.15) is 0 Å². The van der Waals surface area contributed by atoms with E-state index in [2.05, 4.69) is 32.0 Å². The number of hydrogen-bond acceptors (Lipinski definition) is 2. The molecular weight excluding hydrogens is 224 g/mol. The molecule has 1 aromatic carbocycles. The van der Waals surface area contributed by atoms with Gasteiger partial charge in [0.2, 0.25) is 5.91 Å². The van der Waals surface area contributed by atoms with Crippen LogP contribution in [0.25, 0.3) is 0 Å². The van der Waals surface area contributed by atoms with Crippen molar-refractivity contribution < 1.29 is 4.79 Å². The molecule has 0 bridgehead atoms. The first-order valence-electron chi connectivity index (χ1n) is 6.55. The van der Waals surface area contributed by atoms with Crippen LogP contribution in [0.5, 0.6) is 0 Å². The second-order valence-corrected chi connectivity index (χ2v) is 5.63. The van der Waals surface area contributed by atoms with Gasteiger partial charge in [-0.25, -0.2) is 0 Å². The molecule has 0 saturated carbocycles. The molecule has 1 heterocycles. The number of likely N-dealkylation sites (tertiary alicyclic amines) is 1. The van der Waals surface area contributed by atoms with E-state index in [1.165, 1.54) is 16.7 Å². The van der Waals surface area contributed by atoms with E-state index in [1.807, 2.05) is 18.7 Å². The van der Waals surface area contributed by atoms with Crippen LogP contribution in [0.15, 0.2) is 18.2 Å². The molecule has 1 aliphatic heterocycles. The Morgan fingerprint density at radius 2 is 1.78 bits per heavy atom. The molecule has 3 nitrogen and oxygen atoms in total. The number of nitrogens with zero attached hydrogens (tertiary/aromatic N) is 1. The molecule has 2 unspecified atom stereocenters. The van der Waals surface area contributed by atoms with Crippen molar-refractivity contribution in [2.75, 3.05) is 0 Å². The molecule has 1 fully saturated rings. The average Bonchev–Trinajstić information content (AvgIpc) is 2.51. The van der Waals surface area contributed by atoms with Gasteiger partial charge in [0.05, 0.1) is 6.04 Å². The highest BCUT2D eigenvalue weighted by Crippen LogP contribution is 2.34. The van der Waals surface area contributed by atoms with E-state index in [4.69, 9.17) is 5.73 Å². The summed E-state index contributed by atoms with van der Waals surface area (Å²) in [7, 11) is 0. The van der Waals surface area contributed by atoms with Gasteiger partial charge in [-0.2, -0.15) is 0 Å². The third-order valence-electron chi connectivity index (χ3n) is 3.55. The van der Waals surface area contributed by atoms with E-state index in [0.717, 1.165) is 0 Å². The van der Waals surface area contributed by atoms with Crippen molar-refractivity contribution in [2.24, 2.45) is 5.73 Å². The maximum Gasteiger partial charge on any atom is 0.225 e. The van der Waals surface area contributed by atoms with Crippen molar-refractivity contribution in [3.8, 4) is 0 Å². The summed E-state index contributed by atoms with van der Waals surface area (Å²) in [5, 5.41) is 0. The first-order chi connectivity index (χ1) is 8.40. The normalized spacial score (nSPS) is 24.1. The van der Waals surface area contributed by atoms with Gasteiger partial charge in [-0.15, -0.1) is 0 Å². The largest absolute Gasteiger partial charge is 0.332 e. The van der Waals surface area contributed by atoms with Gasteiger partial charge in [0.15, 0.2) is 0 Å². The summed E-state index contributed by atoms with van der Waals surface area (Å²) in [4.78, 5) is 14.0. The standard InChI is InChI=1S/C15H22N2O/c1-9(2)17-14(18)8-13(16)15(17)12-6-10(3)5-11(4)7-12/h5-7,9,13,15H,8,16H2,1-4H3. The van der Waals surface area contributed by atoms with Crippen LogP contribution in [0.3, 0.4) is 0 Å². The zero-order valence-electron chi connectivity index (χ0n) is 11.6. The maximum absolute atomic E-state index is 12.0. The van der Waals surface area contributed by atoms with Crippen LogP contribution >= 0.6 is 0 Å². The average molecular weight is 246 g/mol. The van der Waals surface area contributed by atoms with Gasteiger partial charge < -0.3 is 10.6 Å².